The Morgan fingerprint density at radius 2 is 1.50 bits per heavy atom. The molecule has 1 aliphatic rings. The number of allylic oxidation sites excluding steroid dienone is 3. The fourth-order valence-corrected chi connectivity index (χ4v) is 3.63. The predicted molar refractivity (Wildman–Crippen MR) is 108 cm³/mol. The molecule has 0 atom stereocenters. The van der Waals surface area contributed by atoms with E-state index >= 15 is 0 Å². The van der Waals surface area contributed by atoms with Crippen LogP contribution in [0, 0.1) is 17.8 Å². The van der Waals surface area contributed by atoms with Gasteiger partial charge in [0.15, 0.2) is 0 Å². The van der Waals surface area contributed by atoms with E-state index in [2.05, 4.69) is 72.7 Å². The zero-order valence-electron chi connectivity index (χ0n) is 16.1. The third-order valence-electron chi connectivity index (χ3n) is 4.66. The number of hydrogen-bond donors (Lipinski definition) is 1. The molecule has 0 bridgehead atoms. The average molecular weight is 343 g/mol. The molecule has 0 fully saturated rings. The van der Waals surface area contributed by atoms with Crippen molar-refractivity contribution in [3.63, 3.8) is 0 Å². The summed E-state index contributed by atoms with van der Waals surface area (Å²) in [5.74, 6) is 0.464. The molecule has 0 amide bonds. The highest BCUT2D eigenvalue weighted by molar-refractivity contribution is 7.80. The molecule has 0 saturated heterocycles. The fraction of sp³-hybridized carbons (Fsp3) is 0.500. The Hall–Kier alpha value is -1.41. The lowest BCUT2D eigenvalue weighted by Gasteiger charge is -2.36. The molecule has 0 aromatic heterocycles. The topological polar surface area (TPSA) is 20.2 Å². The van der Waals surface area contributed by atoms with Gasteiger partial charge in [-0.1, -0.05) is 83.6 Å². The second-order valence-corrected chi connectivity index (χ2v) is 9.44. The van der Waals surface area contributed by atoms with Crippen molar-refractivity contribution in [2.75, 3.05) is 0 Å². The van der Waals surface area contributed by atoms with Crippen molar-refractivity contribution in [3.8, 4) is 0 Å². The minimum absolute atomic E-state index is 0.0833. The van der Waals surface area contributed by atoms with Crippen molar-refractivity contribution in [3.05, 3.63) is 57.9 Å². The normalized spacial score (nSPS) is 16.9. The third kappa shape index (κ3) is 3.97. The Morgan fingerprint density at radius 1 is 0.958 bits per heavy atom. The van der Waals surface area contributed by atoms with Crippen LogP contribution in [0.2, 0.25) is 0 Å². The third-order valence-corrected chi connectivity index (χ3v) is 5.05. The van der Waals surface area contributed by atoms with E-state index in [4.69, 9.17) is 12.2 Å². The molecule has 0 unspecified atom stereocenters. The van der Waals surface area contributed by atoms with Crippen molar-refractivity contribution in [1.29, 1.82) is 0 Å². The van der Waals surface area contributed by atoms with Crippen LogP contribution in [0.4, 0.5) is 0 Å². The maximum Gasteiger partial charge on any atom is 0.119 e. The number of aryl methyl sites for hydroxylation is 1. The minimum Gasteiger partial charge on any atom is -0.508 e. The summed E-state index contributed by atoms with van der Waals surface area (Å²) in [7, 11) is 0. The summed E-state index contributed by atoms with van der Waals surface area (Å²) in [6.45, 7) is 15.0. The lowest BCUT2D eigenvalue weighted by Crippen LogP contribution is -2.28. The summed E-state index contributed by atoms with van der Waals surface area (Å²) >= 11 is 5.79. The molecule has 130 valence electrons. The van der Waals surface area contributed by atoms with Crippen LogP contribution in [0.15, 0.2) is 46.7 Å². The van der Waals surface area contributed by atoms with Crippen molar-refractivity contribution in [1.82, 2.24) is 0 Å². The van der Waals surface area contributed by atoms with Gasteiger partial charge in [0, 0.05) is 16.9 Å². The Balaban J connectivity index is 2.60. The Bertz CT molecular complexity index is 704. The Kier molecular flexibility index (Phi) is 5.11. The lowest BCUT2D eigenvalue weighted by atomic mass is 9.70. The number of aliphatic hydroxyl groups is 1. The van der Waals surface area contributed by atoms with Crippen LogP contribution in [-0.4, -0.2) is 9.97 Å². The fourth-order valence-electron chi connectivity index (χ4n) is 3.31. The van der Waals surface area contributed by atoms with E-state index in [9.17, 15) is 5.11 Å². The van der Waals surface area contributed by atoms with Crippen LogP contribution in [0.5, 0.6) is 0 Å². The lowest BCUT2D eigenvalue weighted by molar-refractivity contribution is 0.345. The van der Waals surface area contributed by atoms with Crippen LogP contribution < -0.4 is 0 Å². The van der Waals surface area contributed by atoms with E-state index < -0.39 is 0 Å². The summed E-state index contributed by atoms with van der Waals surface area (Å²) < 4.78 is 0. The van der Waals surface area contributed by atoms with E-state index in [0.717, 1.165) is 28.0 Å². The van der Waals surface area contributed by atoms with Gasteiger partial charge in [0.25, 0.3) is 0 Å². The summed E-state index contributed by atoms with van der Waals surface area (Å²) in [6.07, 6.45) is 1.47. The van der Waals surface area contributed by atoms with E-state index in [0.29, 0.717) is 12.2 Å². The molecule has 0 aliphatic heterocycles. The van der Waals surface area contributed by atoms with E-state index in [1.54, 1.807) is 0 Å². The highest BCUT2D eigenvalue weighted by Crippen LogP contribution is 2.44. The van der Waals surface area contributed by atoms with Gasteiger partial charge in [-0.25, -0.2) is 0 Å². The van der Waals surface area contributed by atoms with Gasteiger partial charge in [-0.15, -0.1) is 0 Å². The molecule has 24 heavy (non-hydrogen) atoms. The smallest absolute Gasteiger partial charge is 0.119 e. The maximum absolute atomic E-state index is 11.1. The van der Waals surface area contributed by atoms with E-state index in [1.807, 2.05) is 0 Å². The zero-order valence-corrected chi connectivity index (χ0v) is 16.9. The van der Waals surface area contributed by atoms with Gasteiger partial charge in [0.2, 0.25) is 0 Å². The first-order chi connectivity index (χ1) is 10.9. The molecule has 1 aromatic carbocycles. The molecule has 0 saturated carbocycles. The maximum atomic E-state index is 11.1. The van der Waals surface area contributed by atoms with Gasteiger partial charge < -0.3 is 5.11 Å². The molecular weight excluding hydrogens is 312 g/mol. The zero-order chi connectivity index (χ0) is 18.3. The van der Waals surface area contributed by atoms with Crippen molar-refractivity contribution >= 4 is 17.1 Å². The van der Waals surface area contributed by atoms with Crippen LogP contribution >= 0.6 is 12.2 Å². The molecule has 2 heteroatoms. The monoisotopic (exact) mass is 342 g/mol. The number of benzene rings is 1. The van der Waals surface area contributed by atoms with Crippen molar-refractivity contribution in [2.24, 2.45) is 10.8 Å². The number of thiocarbonyl (C=S) groups is 1. The molecule has 2 rings (SSSR count). The first-order valence-electron chi connectivity index (χ1n) is 8.66. The first-order valence-corrected chi connectivity index (χ1v) is 9.07. The molecule has 1 nitrogen and oxygen atoms in total. The Labute approximate surface area is 152 Å². The van der Waals surface area contributed by atoms with E-state index in [1.165, 1.54) is 11.1 Å². The summed E-state index contributed by atoms with van der Waals surface area (Å²) in [4.78, 5) is 0.975. The van der Waals surface area contributed by atoms with Crippen LogP contribution in [0.3, 0.4) is 0 Å². The molecule has 1 aliphatic carbocycles. The summed E-state index contributed by atoms with van der Waals surface area (Å²) in [6, 6.07) is 8.58. The number of aliphatic hydroxyl groups excluding tert-OH is 1. The molecule has 0 heterocycles. The number of rotatable bonds is 2. The molecule has 0 spiro atoms. The highest BCUT2D eigenvalue weighted by atomic mass is 32.1. The molecule has 1 N–H and O–H groups in total. The molecular formula is C22H30OS. The summed E-state index contributed by atoms with van der Waals surface area (Å²) in [5.41, 5.74) is 5.48. The minimum atomic E-state index is -0.148. The van der Waals surface area contributed by atoms with Gasteiger partial charge in [-0.3, -0.25) is 0 Å². The van der Waals surface area contributed by atoms with Gasteiger partial charge in [-0.05, 0) is 40.9 Å². The second-order valence-electron chi connectivity index (χ2n) is 8.94. The number of hydrogen-bond acceptors (Lipinski definition) is 2. The van der Waals surface area contributed by atoms with Gasteiger partial charge in [-0.2, -0.15) is 0 Å². The van der Waals surface area contributed by atoms with Gasteiger partial charge >= 0.3 is 0 Å². The largest absolute Gasteiger partial charge is 0.508 e. The quantitative estimate of drug-likeness (QED) is 0.618. The van der Waals surface area contributed by atoms with Crippen LogP contribution in [0.25, 0.3) is 0 Å². The Morgan fingerprint density at radius 3 is 1.96 bits per heavy atom. The average Bonchev–Trinajstić information content (AvgIpc) is 2.42. The summed E-state index contributed by atoms with van der Waals surface area (Å²) in [5, 5.41) is 11.1. The van der Waals surface area contributed by atoms with Gasteiger partial charge in [0.05, 0.1) is 0 Å². The van der Waals surface area contributed by atoms with Crippen molar-refractivity contribution < 1.29 is 5.11 Å². The van der Waals surface area contributed by atoms with Crippen LogP contribution in [-0.2, 0) is 6.42 Å². The standard InChI is InChI=1S/C22H30OS/c1-14-8-10-15(11-9-14)12-16-18(24)13-17(21(2,3)4)20(23)19(16)22(5,6)7/h8-11,23H,12-13H2,1-7H3. The van der Waals surface area contributed by atoms with Gasteiger partial charge in [0.1, 0.15) is 5.76 Å². The molecule has 0 radical (unpaired) electrons. The molecule has 1 aromatic rings. The van der Waals surface area contributed by atoms with Crippen LogP contribution in [0.1, 0.15) is 59.1 Å². The first kappa shape index (κ1) is 18.9. The van der Waals surface area contributed by atoms with Crippen molar-refractivity contribution in [2.45, 2.75) is 61.3 Å². The SMILES string of the molecule is Cc1ccc(CC2=C(C(C)(C)C)C(O)=C(C(C)(C)C)CC2=S)cc1. The van der Waals surface area contributed by atoms with E-state index in [-0.39, 0.29) is 10.8 Å². The highest BCUT2D eigenvalue weighted by Gasteiger charge is 2.35. The predicted octanol–water partition coefficient (Wildman–Crippen LogP) is 6.51. The second kappa shape index (κ2) is 6.48.